The number of carbonyl (C=O) groups is 1. The Hall–Kier alpha value is -1.32. The molecule has 0 aromatic rings. The van der Waals surface area contributed by atoms with Gasteiger partial charge in [-0.1, -0.05) is 50.7 Å². The lowest BCUT2D eigenvalue weighted by Gasteiger charge is -2.07. The molecule has 0 radical (unpaired) electrons. The maximum absolute atomic E-state index is 10.8. The molecule has 1 rings (SSSR count). The summed E-state index contributed by atoms with van der Waals surface area (Å²) in [5.74, 6) is 0. The van der Waals surface area contributed by atoms with Gasteiger partial charge in [0, 0.05) is 5.71 Å². The number of nitrogens with zero attached hydrogens (tertiary/aromatic N) is 1. The SMILES string of the molecule is NC(=O)NN=C1CCCC=CCCCCCCCCCC1. The summed E-state index contributed by atoms with van der Waals surface area (Å²) in [6.07, 6.45) is 20.4. The molecule has 120 valence electrons. The van der Waals surface area contributed by atoms with E-state index in [-0.39, 0.29) is 0 Å². The summed E-state index contributed by atoms with van der Waals surface area (Å²) >= 11 is 0. The van der Waals surface area contributed by atoms with Gasteiger partial charge in [0.05, 0.1) is 0 Å². The second-order valence-corrected chi connectivity index (χ2v) is 5.88. The van der Waals surface area contributed by atoms with Crippen LogP contribution in [0.5, 0.6) is 0 Å². The van der Waals surface area contributed by atoms with E-state index in [1.807, 2.05) is 0 Å². The molecule has 0 bridgehead atoms. The van der Waals surface area contributed by atoms with Crippen LogP contribution in [0.15, 0.2) is 17.3 Å². The zero-order chi connectivity index (χ0) is 15.2. The highest BCUT2D eigenvalue weighted by Crippen LogP contribution is 2.13. The molecule has 2 amide bonds. The first kappa shape index (κ1) is 17.7. The average Bonchev–Trinajstić information content (AvgIpc) is 2.46. The highest BCUT2D eigenvalue weighted by Gasteiger charge is 2.02. The summed E-state index contributed by atoms with van der Waals surface area (Å²) in [4.78, 5) is 10.8. The van der Waals surface area contributed by atoms with Crippen molar-refractivity contribution < 1.29 is 4.79 Å². The Balaban J connectivity index is 2.40. The van der Waals surface area contributed by atoms with Crippen LogP contribution in [0.2, 0.25) is 0 Å². The number of hydrogen-bond acceptors (Lipinski definition) is 2. The van der Waals surface area contributed by atoms with Crippen LogP contribution in [0.25, 0.3) is 0 Å². The Labute approximate surface area is 129 Å². The van der Waals surface area contributed by atoms with E-state index in [4.69, 9.17) is 5.73 Å². The molecule has 4 heteroatoms. The second kappa shape index (κ2) is 12.4. The van der Waals surface area contributed by atoms with Gasteiger partial charge in [-0.05, 0) is 44.9 Å². The molecule has 1 aliphatic rings. The topological polar surface area (TPSA) is 67.5 Å². The van der Waals surface area contributed by atoms with Crippen LogP contribution >= 0.6 is 0 Å². The van der Waals surface area contributed by atoms with Gasteiger partial charge >= 0.3 is 6.03 Å². The van der Waals surface area contributed by atoms with E-state index in [0.717, 1.165) is 37.8 Å². The number of nitrogens with two attached hydrogens (primary N) is 1. The Morgan fingerprint density at radius 3 is 2.05 bits per heavy atom. The van der Waals surface area contributed by atoms with Crippen LogP contribution in [0.3, 0.4) is 0 Å². The summed E-state index contributed by atoms with van der Waals surface area (Å²) in [6.45, 7) is 0. The number of allylic oxidation sites excluding steroid dienone is 2. The first-order valence-electron chi connectivity index (χ1n) is 8.55. The molecule has 0 saturated carbocycles. The number of rotatable bonds is 1. The molecule has 21 heavy (non-hydrogen) atoms. The van der Waals surface area contributed by atoms with Gasteiger partial charge in [0.2, 0.25) is 0 Å². The first-order chi connectivity index (χ1) is 10.3. The van der Waals surface area contributed by atoms with Gasteiger partial charge in [-0.15, -0.1) is 0 Å². The number of hydrogen-bond donors (Lipinski definition) is 2. The summed E-state index contributed by atoms with van der Waals surface area (Å²) in [7, 11) is 0. The standard InChI is InChI=1S/C17H31N3O/c18-17(21)20-19-16-14-12-10-8-6-4-2-1-3-5-7-9-11-13-15-16/h6,8H,1-5,7,9-15H2,(H3,18,20,21). The number of hydrazone groups is 1. The van der Waals surface area contributed by atoms with Gasteiger partial charge in [0.25, 0.3) is 0 Å². The third kappa shape index (κ3) is 11.1. The van der Waals surface area contributed by atoms with Gasteiger partial charge < -0.3 is 5.73 Å². The minimum atomic E-state index is -0.575. The molecule has 0 aromatic heterocycles. The number of amides is 2. The Morgan fingerprint density at radius 2 is 1.38 bits per heavy atom. The molecule has 0 saturated heterocycles. The lowest BCUT2D eigenvalue weighted by Crippen LogP contribution is -2.25. The largest absolute Gasteiger partial charge is 0.350 e. The molecular formula is C17H31N3O. The Bertz CT molecular complexity index is 337. The van der Waals surface area contributed by atoms with Crippen molar-refractivity contribution in [3.05, 3.63) is 12.2 Å². The van der Waals surface area contributed by atoms with Gasteiger partial charge in [-0.3, -0.25) is 0 Å². The zero-order valence-electron chi connectivity index (χ0n) is 13.3. The number of nitrogens with one attached hydrogen (secondary N) is 1. The molecule has 0 spiro atoms. The Morgan fingerprint density at radius 1 is 0.857 bits per heavy atom. The van der Waals surface area contributed by atoms with Gasteiger partial charge in [-0.2, -0.15) is 5.10 Å². The molecule has 4 nitrogen and oxygen atoms in total. The predicted molar refractivity (Wildman–Crippen MR) is 89.3 cm³/mol. The molecule has 0 heterocycles. The van der Waals surface area contributed by atoms with E-state index in [0.29, 0.717) is 0 Å². The lowest BCUT2D eigenvalue weighted by atomic mass is 10.0. The van der Waals surface area contributed by atoms with E-state index in [9.17, 15) is 4.79 Å². The molecule has 0 aromatic carbocycles. The minimum Gasteiger partial charge on any atom is -0.350 e. The van der Waals surface area contributed by atoms with Crippen LogP contribution in [-0.4, -0.2) is 11.7 Å². The molecular weight excluding hydrogens is 262 g/mol. The summed E-state index contributed by atoms with van der Waals surface area (Å²) in [6, 6.07) is -0.575. The van der Waals surface area contributed by atoms with Gasteiger partial charge in [0.1, 0.15) is 0 Å². The van der Waals surface area contributed by atoms with Crippen LogP contribution in [0.4, 0.5) is 4.79 Å². The van der Waals surface area contributed by atoms with Crippen molar-refractivity contribution in [1.29, 1.82) is 0 Å². The fraction of sp³-hybridized carbons (Fsp3) is 0.765. The van der Waals surface area contributed by atoms with Crippen molar-refractivity contribution in [2.75, 3.05) is 0 Å². The zero-order valence-corrected chi connectivity index (χ0v) is 13.3. The van der Waals surface area contributed by atoms with E-state index in [1.165, 1.54) is 51.4 Å². The maximum Gasteiger partial charge on any atom is 0.332 e. The monoisotopic (exact) mass is 293 g/mol. The van der Waals surface area contributed by atoms with Crippen LogP contribution < -0.4 is 11.2 Å². The summed E-state index contributed by atoms with van der Waals surface area (Å²) in [5, 5.41) is 4.15. The van der Waals surface area contributed by atoms with Crippen molar-refractivity contribution >= 4 is 11.7 Å². The van der Waals surface area contributed by atoms with Crippen molar-refractivity contribution in [2.24, 2.45) is 10.8 Å². The fourth-order valence-electron chi connectivity index (χ4n) is 2.68. The van der Waals surface area contributed by atoms with Crippen LogP contribution in [0, 0.1) is 0 Å². The van der Waals surface area contributed by atoms with E-state index >= 15 is 0 Å². The predicted octanol–water partition coefficient (Wildman–Crippen LogP) is 4.65. The number of primary amides is 1. The molecule has 3 N–H and O–H groups in total. The quantitative estimate of drug-likeness (QED) is 0.536. The number of urea groups is 1. The molecule has 0 unspecified atom stereocenters. The van der Waals surface area contributed by atoms with E-state index in [2.05, 4.69) is 22.7 Å². The third-order valence-electron chi connectivity index (χ3n) is 3.91. The maximum atomic E-state index is 10.8. The summed E-state index contributed by atoms with van der Waals surface area (Å²) < 4.78 is 0. The lowest BCUT2D eigenvalue weighted by molar-refractivity contribution is 0.249. The first-order valence-corrected chi connectivity index (χ1v) is 8.55. The van der Waals surface area contributed by atoms with E-state index < -0.39 is 6.03 Å². The van der Waals surface area contributed by atoms with Crippen molar-refractivity contribution in [1.82, 2.24) is 5.43 Å². The van der Waals surface area contributed by atoms with Crippen LogP contribution in [0.1, 0.15) is 83.5 Å². The van der Waals surface area contributed by atoms with E-state index in [1.54, 1.807) is 0 Å². The van der Waals surface area contributed by atoms with Crippen LogP contribution in [-0.2, 0) is 0 Å². The molecule has 0 atom stereocenters. The molecule has 1 aliphatic carbocycles. The highest BCUT2D eigenvalue weighted by molar-refractivity contribution is 5.85. The smallest absolute Gasteiger partial charge is 0.332 e. The van der Waals surface area contributed by atoms with Crippen molar-refractivity contribution in [3.8, 4) is 0 Å². The minimum absolute atomic E-state index is 0.575. The normalized spacial score (nSPS) is 22.0. The fourth-order valence-corrected chi connectivity index (χ4v) is 2.68. The molecule has 0 fully saturated rings. The van der Waals surface area contributed by atoms with Crippen molar-refractivity contribution in [2.45, 2.75) is 83.5 Å². The Kier molecular flexibility index (Phi) is 10.5. The highest BCUT2D eigenvalue weighted by atomic mass is 16.2. The number of carbonyl (C=O) groups excluding carboxylic acids is 1. The third-order valence-corrected chi connectivity index (χ3v) is 3.91. The second-order valence-electron chi connectivity index (χ2n) is 5.88. The average molecular weight is 293 g/mol. The molecule has 0 aliphatic heterocycles. The summed E-state index contributed by atoms with van der Waals surface area (Å²) in [5.41, 5.74) is 8.54. The van der Waals surface area contributed by atoms with Gasteiger partial charge in [-0.25, -0.2) is 10.2 Å². The van der Waals surface area contributed by atoms with Crippen molar-refractivity contribution in [3.63, 3.8) is 0 Å². The van der Waals surface area contributed by atoms with Gasteiger partial charge in [0.15, 0.2) is 0 Å².